The van der Waals surface area contributed by atoms with Gasteiger partial charge in [-0.1, -0.05) is 6.07 Å². The van der Waals surface area contributed by atoms with E-state index in [1.807, 2.05) is 6.07 Å². The molecular weight excluding hydrogens is 346 g/mol. The highest BCUT2D eigenvalue weighted by Crippen LogP contribution is 2.33. The van der Waals surface area contributed by atoms with Gasteiger partial charge in [-0.05, 0) is 44.2 Å². The van der Waals surface area contributed by atoms with E-state index in [9.17, 15) is 9.59 Å². The van der Waals surface area contributed by atoms with Crippen molar-refractivity contribution >= 4 is 23.2 Å². The van der Waals surface area contributed by atoms with E-state index < -0.39 is 17.2 Å². The fraction of sp³-hybridized carbons (Fsp3) is 0.250. The lowest BCUT2D eigenvalue weighted by atomic mass is 9.90. The van der Waals surface area contributed by atoms with Crippen LogP contribution >= 0.6 is 0 Å². The lowest BCUT2D eigenvalue weighted by Crippen LogP contribution is -2.41. The molecule has 0 saturated heterocycles. The van der Waals surface area contributed by atoms with Crippen LogP contribution < -0.4 is 20.1 Å². The van der Waals surface area contributed by atoms with Crippen molar-refractivity contribution in [2.75, 3.05) is 23.8 Å². The zero-order valence-corrected chi connectivity index (χ0v) is 15.0. The quantitative estimate of drug-likeness (QED) is 0.812. The standard InChI is InChI=1S/C20H19N3O4/c1-20(2,18(24)22-14-5-3-4-13(10-14)12-21)19(25)23-15-6-7-16-17(11-15)27-9-8-26-16/h3-7,10-11H,8-9H2,1-2H3,(H,22,24)(H,23,25). The third kappa shape index (κ3) is 4.01. The van der Waals surface area contributed by atoms with Crippen LogP contribution in [0.2, 0.25) is 0 Å². The highest BCUT2D eigenvalue weighted by molar-refractivity contribution is 6.14. The van der Waals surface area contributed by atoms with E-state index >= 15 is 0 Å². The molecule has 0 fully saturated rings. The molecule has 3 rings (SSSR count). The number of nitriles is 1. The first-order valence-corrected chi connectivity index (χ1v) is 8.43. The summed E-state index contributed by atoms with van der Waals surface area (Å²) in [5.74, 6) is 0.226. The summed E-state index contributed by atoms with van der Waals surface area (Å²) in [4.78, 5) is 25.3. The SMILES string of the molecule is CC(C)(C(=O)Nc1cccc(C#N)c1)C(=O)Nc1ccc2c(c1)OCCO2. The molecule has 27 heavy (non-hydrogen) atoms. The van der Waals surface area contributed by atoms with Crippen LogP contribution in [0, 0.1) is 16.7 Å². The van der Waals surface area contributed by atoms with E-state index in [-0.39, 0.29) is 0 Å². The average molecular weight is 365 g/mol. The zero-order valence-electron chi connectivity index (χ0n) is 15.0. The number of amides is 2. The van der Waals surface area contributed by atoms with E-state index in [2.05, 4.69) is 10.6 Å². The van der Waals surface area contributed by atoms with E-state index in [1.165, 1.54) is 13.8 Å². The van der Waals surface area contributed by atoms with Crippen molar-refractivity contribution in [3.8, 4) is 17.6 Å². The Bertz CT molecular complexity index is 931. The highest BCUT2D eigenvalue weighted by atomic mass is 16.6. The normalized spacial score (nSPS) is 12.6. The molecule has 0 radical (unpaired) electrons. The van der Waals surface area contributed by atoms with Crippen LogP contribution in [0.4, 0.5) is 11.4 Å². The minimum atomic E-state index is -1.34. The van der Waals surface area contributed by atoms with Gasteiger partial charge in [-0.2, -0.15) is 5.26 Å². The number of hydrogen-bond acceptors (Lipinski definition) is 5. The maximum atomic E-state index is 12.7. The van der Waals surface area contributed by atoms with Crippen molar-refractivity contribution < 1.29 is 19.1 Å². The summed E-state index contributed by atoms with van der Waals surface area (Å²) < 4.78 is 10.9. The lowest BCUT2D eigenvalue weighted by molar-refractivity contribution is -0.135. The minimum Gasteiger partial charge on any atom is -0.486 e. The van der Waals surface area contributed by atoms with Crippen LogP contribution in [0.15, 0.2) is 42.5 Å². The highest BCUT2D eigenvalue weighted by Gasteiger charge is 2.36. The Labute approximate surface area is 156 Å². The van der Waals surface area contributed by atoms with Crippen molar-refractivity contribution in [2.24, 2.45) is 5.41 Å². The summed E-state index contributed by atoms with van der Waals surface area (Å²) >= 11 is 0. The third-order valence-corrected chi connectivity index (χ3v) is 4.18. The van der Waals surface area contributed by atoms with Crippen LogP contribution in [0.25, 0.3) is 0 Å². The van der Waals surface area contributed by atoms with Gasteiger partial charge in [-0.25, -0.2) is 0 Å². The molecule has 2 aromatic rings. The second-order valence-electron chi connectivity index (χ2n) is 6.58. The van der Waals surface area contributed by atoms with Crippen LogP contribution in [0.1, 0.15) is 19.4 Å². The van der Waals surface area contributed by atoms with Crippen LogP contribution in [-0.4, -0.2) is 25.0 Å². The van der Waals surface area contributed by atoms with Gasteiger partial charge < -0.3 is 20.1 Å². The van der Waals surface area contributed by atoms with E-state index in [0.717, 1.165) is 0 Å². The van der Waals surface area contributed by atoms with Crippen LogP contribution in [-0.2, 0) is 9.59 Å². The summed E-state index contributed by atoms with van der Waals surface area (Å²) in [6.07, 6.45) is 0. The number of nitrogens with zero attached hydrogens (tertiary/aromatic N) is 1. The van der Waals surface area contributed by atoms with Crippen molar-refractivity contribution in [2.45, 2.75) is 13.8 Å². The van der Waals surface area contributed by atoms with Crippen molar-refractivity contribution in [3.05, 3.63) is 48.0 Å². The summed E-state index contributed by atoms with van der Waals surface area (Å²) in [6.45, 7) is 3.99. The summed E-state index contributed by atoms with van der Waals surface area (Å²) in [7, 11) is 0. The first-order valence-electron chi connectivity index (χ1n) is 8.43. The van der Waals surface area contributed by atoms with Crippen molar-refractivity contribution in [3.63, 3.8) is 0 Å². The second-order valence-corrected chi connectivity index (χ2v) is 6.58. The number of carbonyl (C=O) groups is 2. The number of nitrogens with one attached hydrogen (secondary N) is 2. The molecule has 2 aromatic carbocycles. The van der Waals surface area contributed by atoms with Crippen molar-refractivity contribution in [1.29, 1.82) is 5.26 Å². The largest absolute Gasteiger partial charge is 0.486 e. The molecule has 2 N–H and O–H groups in total. The topological polar surface area (TPSA) is 100 Å². The van der Waals surface area contributed by atoms with E-state index in [1.54, 1.807) is 42.5 Å². The van der Waals surface area contributed by atoms with Gasteiger partial charge in [0.15, 0.2) is 11.5 Å². The predicted octanol–water partition coefficient (Wildman–Crippen LogP) is 2.93. The number of carbonyl (C=O) groups excluding carboxylic acids is 2. The maximum Gasteiger partial charge on any atom is 0.239 e. The Morgan fingerprint density at radius 1 is 0.963 bits per heavy atom. The van der Waals surface area contributed by atoms with Crippen molar-refractivity contribution in [1.82, 2.24) is 0 Å². The lowest BCUT2D eigenvalue weighted by Gasteiger charge is -2.24. The Hall–Kier alpha value is -3.53. The molecule has 0 bridgehead atoms. The first kappa shape index (κ1) is 18.3. The molecular formula is C20H19N3O4. The van der Waals surface area contributed by atoms with E-state index in [4.69, 9.17) is 14.7 Å². The zero-order chi connectivity index (χ0) is 19.4. The predicted molar refractivity (Wildman–Crippen MR) is 99.6 cm³/mol. The summed E-state index contributed by atoms with van der Waals surface area (Å²) in [6, 6.07) is 13.6. The molecule has 7 heteroatoms. The Balaban J connectivity index is 1.70. The molecule has 0 spiro atoms. The Kier molecular flexibility index (Phi) is 4.99. The number of anilines is 2. The molecule has 138 valence electrons. The monoisotopic (exact) mass is 365 g/mol. The molecule has 0 atom stereocenters. The fourth-order valence-corrected chi connectivity index (χ4v) is 2.47. The van der Waals surface area contributed by atoms with Gasteiger partial charge in [0.05, 0.1) is 11.6 Å². The molecule has 0 unspecified atom stereocenters. The van der Waals surface area contributed by atoms with Gasteiger partial charge in [-0.15, -0.1) is 0 Å². The number of ether oxygens (including phenoxy) is 2. The molecule has 1 aliphatic rings. The maximum absolute atomic E-state index is 12.7. The van der Waals surface area contributed by atoms with Crippen LogP contribution in [0.3, 0.4) is 0 Å². The van der Waals surface area contributed by atoms with E-state index in [0.29, 0.717) is 41.7 Å². The molecule has 0 aromatic heterocycles. The molecule has 0 aliphatic carbocycles. The first-order chi connectivity index (χ1) is 12.9. The van der Waals surface area contributed by atoms with Gasteiger partial charge >= 0.3 is 0 Å². The van der Waals surface area contributed by atoms with Gasteiger partial charge in [0.2, 0.25) is 11.8 Å². The van der Waals surface area contributed by atoms with Crippen LogP contribution in [0.5, 0.6) is 11.5 Å². The van der Waals surface area contributed by atoms with Gasteiger partial charge in [0.1, 0.15) is 18.6 Å². The molecule has 1 aliphatic heterocycles. The summed E-state index contributed by atoms with van der Waals surface area (Å²) in [5, 5.41) is 14.4. The number of hydrogen-bond donors (Lipinski definition) is 2. The number of fused-ring (bicyclic) bond motifs is 1. The van der Waals surface area contributed by atoms with Gasteiger partial charge in [-0.3, -0.25) is 9.59 Å². The molecule has 7 nitrogen and oxygen atoms in total. The Morgan fingerprint density at radius 2 is 1.59 bits per heavy atom. The van der Waals surface area contributed by atoms with Gasteiger partial charge in [0, 0.05) is 17.4 Å². The molecule has 1 heterocycles. The second kappa shape index (κ2) is 7.38. The molecule has 0 saturated carbocycles. The number of rotatable bonds is 4. The Morgan fingerprint density at radius 3 is 2.26 bits per heavy atom. The fourth-order valence-electron chi connectivity index (χ4n) is 2.47. The molecule has 2 amide bonds. The summed E-state index contributed by atoms with van der Waals surface area (Å²) in [5.41, 5.74) is 0.0535. The number of benzene rings is 2. The smallest absolute Gasteiger partial charge is 0.239 e. The van der Waals surface area contributed by atoms with Gasteiger partial charge in [0.25, 0.3) is 0 Å². The average Bonchev–Trinajstić information content (AvgIpc) is 2.68. The third-order valence-electron chi connectivity index (χ3n) is 4.18. The minimum absolute atomic E-state index is 0.423.